The van der Waals surface area contributed by atoms with Gasteiger partial charge < -0.3 is 44.2 Å². The molecule has 0 spiro atoms. The largest absolute Gasteiger partial charge is 0.507 e. The van der Waals surface area contributed by atoms with Crippen molar-refractivity contribution in [3.63, 3.8) is 0 Å². The number of unbranched alkanes of at least 4 members (excludes halogenated alkanes) is 2. The minimum atomic E-state index is -1.42. The second kappa shape index (κ2) is 19.8. The minimum absolute atomic E-state index is 0.00114. The van der Waals surface area contributed by atoms with Gasteiger partial charge in [-0.25, -0.2) is 4.79 Å². The molecule has 2 aromatic carbocycles. The van der Waals surface area contributed by atoms with Gasteiger partial charge in [-0.15, -0.1) is 0 Å². The van der Waals surface area contributed by atoms with Crippen molar-refractivity contribution in [1.29, 1.82) is 0 Å². The van der Waals surface area contributed by atoms with E-state index in [4.69, 9.17) is 23.4 Å². The van der Waals surface area contributed by atoms with Crippen LogP contribution >= 0.6 is 0 Å². The van der Waals surface area contributed by atoms with Gasteiger partial charge in [0.1, 0.15) is 47.0 Å². The minimum Gasteiger partial charge on any atom is -0.507 e. The van der Waals surface area contributed by atoms with Crippen molar-refractivity contribution in [2.75, 3.05) is 11.9 Å². The summed E-state index contributed by atoms with van der Waals surface area (Å²) in [6.45, 7) is 12.9. The molecule has 2 aliphatic heterocycles. The Labute approximate surface area is 330 Å². The molecule has 1 saturated heterocycles. The summed E-state index contributed by atoms with van der Waals surface area (Å²) < 4.78 is 28.0. The Kier molecular flexibility index (Phi) is 15.3. The number of aryl methyl sites for hydroxylation is 1. The van der Waals surface area contributed by atoms with E-state index in [9.17, 15) is 39.0 Å². The summed E-state index contributed by atoms with van der Waals surface area (Å²) in [5.74, 6) is -3.22. The molecular weight excluding hydrogens is 740 g/mol. The first kappa shape index (κ1) is 43.9. The number of carbonyl (C=O) groups is 5. The van der Waals surface area contributed by atoms with Gasteiger partial charge in [0.15, 0.2) is 23.3 Å². The predicted molar refractivity (Wildman–Crippen MR) is 209 cm³/mol. The van der Waals surface area contributed by atoms with Gasteiger partial charge in [0.2, 0.25) is 6.41 Å². The lowest BCUT2D eigenvalue weighted by Gasteiger charge is -2.29. The van der Waals surface area contributed by atoms with Crippen molar-refractivity contribution < 1.29 is 57.6 Å². The zero-order valence-corrected chi connectivity index (χ0v) is 33.3. The maximum absolute atomic E-state index is 13.3. The molecule has 3 aromatic rings. The van der Waals surface area contributed by atoms with Crippen molar-refractivity contribution in [3.8, 4) is 17.2 Å². The average molecular weight is 793 g/mol. The Hall–Kier alpha value is -5.86. The van der Waals surface area contributed by atoms with Gasteiger partial charge >= 0.3 is 17.9 Å². The van der Waals surface area contributed by atoms with Crippen molar-refractivity contribution in [3.05, 3.63) is 69.1 Å². The number of aromatic hydroxyl groups is 2. The molecule has 0 saturated carbocycles. The fraction of sp³-hybridized carbons (Fsp3) is 0.476. The Morgan fingerprint density at radius 3 is 2.40 bits per heavy atom. The number of cyclic esters (lactones) is 2. The normalized spacial score (nSPS) is 20.7. The summed E-state index contributed by atoms with van der Waals surface area (Å²) >= 11 is 0. The van der Waals surface area contributed by atoms with E-state index in [0.29, 0.717) is 54.9 Å². The number of hydrogen-bond donors (Lipinski definition) is 4. The highest BCUT2D eigenvalue weighted by atomic mass is 16.6. The fourth-order valence-electron chi connectivity index (χ4n) is 6.52. The molecule has 0 radical (unpaired) electrons. The SMILES string of the molecule is CC1=CCc2c(cc3oc(C)cc(=O)c3c2O)OC1.CCCCCC1C(=O)OC(C)C(NC(=O)c2cccc(NC=O)c2O)C(=O)OC(C)C1OC(=O)CC(C)C. The predicted octanol–water partition coefficient (Wildman–Crippen LogP) is 5.78. The van der Waals surface area contributed by atoms with Gasteiger partial charge in [0.25, 0.3) is 5.91 Å². The highest BCUT2D eigenvalue weighted by molar-refractivity contribution is 6.01. The molecule has 57 heavy (non-hydrogen) atoms. The van der Waals surface area contributed by atoms with E-state index in [-0.39, 0.29) is 40.2 Å². The van der Waals surface area contributed by atoms with Crippen molar-refractivity contribution in [2.45, 2.75) is 111 Å². The quantitative estimate of drug-likeness (QED) is 0.0453. The topological polar surface area (TPSA) is 217 Å². The Balaban J connectivity index is 0.000000313. The van der Waals surface area contributed by atoms with Gasteiger partial charge in [-0.3, -0.25) is 24.0 Å². The number of esters is 3. The lowest BCUT2D eigenvalue weighted by atomic mass is 9.92. The van der Waals surface area contributed by atoms with Gasteiger partial charge in [-0.1, -0.05) is 52.2 Å². The molecule has 0 aliphatic carbocycles. The molecule has 5 unspecified atom stereocenters. The van der Waals surface area contributed by atoms with Crippen LogP contribution < -0.4 is 20.8 Å². The van der Waals surface area contributed by atoms with E-state index >= 15 is 0 Å². The summed E-state index contributed by atoms with van der Waals surface area (Å²) in [4.78, 5) is 74.7. The average Bonchev–Trinajstić information content (AvgIpc) is 3.31. The molecule has 4 N–H and O–H groups in total. The van der Waals surface area contributed by atoms with E-state index in [1.54, 1.807) is 13.0 Å². The number of rotatable bonds is 11. The third-order valence-corrected chi connectivity index (χ3v) is 9.52. The first-order valence-corrected chi connectivity index (χ1v) is 19.1. The first-order valence-electron chi connectivity index (χ1n) is 19.1. The Morgan fingerprint density at radius 1 is 1.00 bits per heavy atom. The number of para-hydroxylation sites is 1. The molecule has 5 atom stereocenters. The highest BCUT2D eigenvalue weighted by Gasteiger charge is 2.44. The Morgan fingerprint density at radius 2 is 1.72 bits per heavy atom. The monoisotopic (exact) mass is 792 g/mol. The molecule has 15 nitrogen and oxygen atoms in total. The molecule has 1 fully saturated rings. The molecule has 3 heterocycles. The van der Waals surface area contributed by atoms with Crippen LogP contribution in [0.1, 0.15) is 95.3 Å². The second-order valence-electron chi connectivity index (χ2n) is 14.7. The molecule has 0 bridgehead atoms. The number of benzene rings is 2. The smallest absolute Gasteiger partial charge is 0.332 e. The van der Waals surface area contributed by atoms with Gasteiger partial charge in [-0.05, 0) is 64.2 Å². The van der Waals surface area contributed by atoms with Crippen LogP contribution in [0.3, 0.4) is 0 Å². The number of hydrogen-bond acceptors (Lipinski definition) is 13. The third kappa shape index (κ3) is 11.1. The maximum Gasteiger partial charge on any atom is 0.332 e. The highest BCUT2D eigenvalue weighted by Crippen LogP contribution is 2.37. The van der Waals surface area contributed by atoms with Gasteiger partial charge in [0, 0.05) is 24.1 Å². The van der Waals surface area contributed by atoms with E-state index in [2.05, 4.69) is 10.6 Å². The molecule has 1 aromatic heterocycles. The number of amides is 2. The number of nitrogens with one attached hydrogen (secondary N) is 2. The van der Waals surface area contributed by atoms with E-state index in [0.717, 1.165) is 18.4 Å². The molecule has 2 aliphatic rings. The lowest BCUT2D eigenvalue weighted by molar-refractivity contribution is -0.175. The van der Waals surface area contributed by atoms with Gasteiger partial charge in [-0.2, -0.15) is 0 Å². The summed E-state index contributed by atoms with van der Waals surface area (Å²) in [5, 5.41) is 25.6. The summed E-state index contributed by atoms with van der Waals surface area (Å²) in [6, 6.07) is 5.77. The Bertz CT molecular complexity index is 2050. The molecular formula is C42H52N2O13. The number of ether oxygens (including phenoxy) is 4. The van der Waals surface area contributed by atoms with Crippen LogP contribution in [0.5, 0.6) is 17.2 Å². The van der Waals surface area contributed by atoms with Crippen LogP contribution in [0.4, 0.5) is 5.69 Å². The molecule has 2 amide bonds. The number of carbonyl (C=O) groups excluding carboxylic acids is 5. The molecule has 308 valence electrons. The maximum atomic E-state index is 13.3. The van der Waals surface area contributed by atoms with E-state index in [1.807, 2.05) is 33.8 Å². The number of anilines is 1. The second-order valence-corrected chi connectivity index (χ2v) is 14.7. The van der Waals surface area contributed by atoms with Crippen molar-refractivity contribution in [1.82, 2.24) is 5.32 Å². The fourth-order valence-corrected chi connectivity index (χ4v) is 6.52. The van der Waals surface area contributed by atoms with E-state index < -0.39 is 59.8 Å². The first-order chi connectivity index (χ1) is 27.1. The zero-order chi connectivity index (χ0) is 42.0. The van der Waals surface area contributed by atoms with Crippen LogP contribution in [-0.4, -0.2) is 71.4 Å². The van der Waals surface area contributed by atoms with Crippen molar-refractivity contribution in [2.24, 2.45) is 11.8 Å². The van der Waals surface area contributed by atoms with Gasteiger partial charge in [0.05, 0.1) is 17.2 Å². The standard InChI is InChI=1S/C27H38N2O9.C15H14O4/c1-6-7-8-10-19-24(38-21(31)13-15(2)3)17(5)37-27(35)22(16(4)36-26(19)34)29-25(33)18-11-9-12-20(23(18)32)28-14-30;1-8-3-4-10-12(18-7-8)6-13-14(15(10)17)11(16)5-9(2)19-13/h9,11-12,14-17,19,22,24,32H,6-8,10,13H2,1-5H3,(H,28,30)(H,29,33);3,5-6,17H,4,7H2,1-2H3. The summed E-state index contributed by atoms with van der Waals surface area (Å²) in [7, 11) is 0. The zero-order valence-electron chi connectivity index (χ0n) is 33.3. The van der Waals surface area contributed by atoms with E-state index in [1.165, 1.54) is 38.1 Å². The molecule has 5 rings (SSSR count). The summed E-state index contributed by atoms with van der Waals surface area (Å²) in [5.41, 5.74) is 1.65. The van der Waals surface area contributed by atoms with Crippen LogP contribution in [0.25, 0.3) is 11.0 Å². The lowest BCUT2D eigenvalue weighted by Crippen LogP contribution is -2.50. The third-order valence-electron chi connectivity index (χ3n) is 9.52. The number of allylic oxidation sites excluding steroid dienone is 1. The van der Waals surface area contributed by atoms with Crippen molar-refractivity contribution >= 4 is 46.9 Å². The molecule has 15 heteroatoms. The van der Waals surface area contributed by atoms with Crippen LogP contribution in [-0.2, 0) is 39.8 Å². The summed E-state index contributed by atoms with van der Waals surface area (Å²) in [6.07, 6.45) is 2.61. The number of phenolic OH excluding ortho intramolecular Hbond substituents is 2. The van der Waals surface area contributed by atoms with Crippen LogP contribution in [0, 0.1) is 18.8 Å². The number of fused-ring (bicyclic) bond motifs is 2. The van der Waals surface area contributed by atoms with Crippen LogP contribution in [0.15, 0.2) is 51.2 Å². The number of phenols is 2. The van der Waals surface area contributed by atoms with Crippen LogP contribution in [0.2, 0.25) is 0 Å².